The summed E-state index contributed by atoms with van der Waals surface area (Å²) in [4.78, 5) is 26.6. The van der Waals surface area contributed by atoms with E-state index in [1.807, 2.05) is 0 Å². The Hall–Kier alpha value is -2.13. The largest absolute Gasteiger partial charge is 0.481 e. The Labute approximate surface area is 209 Å². The first kappa shape index (κ1) is 26.5. The Morgan fingerprint density at radius 2 is 1.79 bits per heavy atom. The number of benzene rings is 2. The van der Waals surface area contributed by atoms with Crippen LogP contribution in [-0.4, -0.2) is 54.0 Å². The molecule has 3 rings (SSSR count). The summed E-state index contributed by atoms with van der Waals surface area (Å²) < 4.78 is 30.4. The number of carbonyl (C=O) groups excluding carboxylic acids is 1. The number of sulfone groups is 1. The lowest BCUT2D eigenvalue weighted by atomic mass is 9.89. The van der Waals surface area contributed by atoms with E-state index in [4.69, 9.17) is 27.9 Å². The first-order chi connectivity index (χ1) is 16.0. The quantitative estimate of drug-likeness (QED) is 0.507. The van der Waals surface area contributed by atoms with E-state index in [0.717, 1.165) is 5.56 Å². The maximum Gasteiger partial charge on any atom is 0.306 e. The van der Waals surface area contributed by atoms with E-state index < -0.39 is 52.4 Å². The van der Waals surface area contributed by atoms with Gasteiger partial charge in [-0.3, -0.25) is 9.59 Å². The number of morpholine rings is 1. The zero-order valence-corrected chi connectivity index (χ0v) is 21.2. The number of nitrogens with zero attached hydrogens (tertiary/aromatic N) is 1. The van der Waals surface area contributed by atoms with Crippen LogP contribution in [0.3, 0.4) is 0 Å². The van der Waals surface area contributed by atoms with Gasteiger partial charge in [0.2, 0.25) is 0 Å². The number of carboxylic acid groups (broad SMARTS) is 1. The third-order valence-corrected chi connectivity index (χ3v) is 8.16. The van der Waals surface area contributed by atoms with Crippen molar-refractivity contribution < 1.29 is 27.9 Å². The summed E-state index contributed by atoms with van der Waals surface area (Å²) in [5.74, 6) is -1.76. The molecule has 0 unspecified atom stereocenters. The second kappa shape index (κ2) is 11.1. The first-order valence-corrected chi connectivity index (χ1v) is 13.5. The van der Waals surface area contributed by atoms with Gasteiger partial charge in [-0.15, -0.1) is 0 Å². The summed E-state index contributed by atoms with van der Waals surface area (Å²) in [6.07, 6.45) is -2.27. The maximum atomic E-state index is 13.5. The van der Waals surface area contributed by atoms with Crippen molar-refractivity contribution in [3.63, 3.8) is 0 Å². The van der Waals surface area contributed by atoms with Gasteiger partial charge in [-0.05, 0) is 48.7 Å². The van der Waals surface area contributed by atoms with Crippen LogP contribution < -0.4 is 0 Å². The molecule has 1 aliphatic rings. The standard InChI is InChI=1S/C24H27Cl2NO6S/c1-3-34(31,32)12-11-15(2)27-22(16-7-9-18(25)10-8-16)23(17-5-4-6-19(26)13-17)33-20(24(27)30)14-21(28)29/h4-10,13,15,20,22-23H,3,11-12,14H2,1-2H3,(H,28,29)/t15-,20-,22+,23+/m0/s1. The summed E-state index contributed by atoms with van der Waals surface area (Å²) in [5, 5.41) is 10.4. The smallest absolute Gasteiger partial charge is 0.306 e. The Morgan fingerprint density at radius 3 is 2.38 bits per heavy atom. The fraction of sp³-hybridized carbons (Fsp3) is 0.417. The van der Waals surface area contributed by atoms with Crippen LogP contribution in [-0.2, 0) is 24.2 Å². The number of halogens is 2. The van der Waals surface area contributed by atoms with Crippen molar-refractivity contribution in [2.45, 2.75) is 51.0 Å². The molecule has 0 radical (unpaired) electrons. The molecule has 1 aliphatic heterocycles. The predicted octanol–water partition coefficient (Wildman–Crippen LogP) is 4.69. The van der Waals surface area contributed by atoms with E-state index in [0.29, 0.717) is 15.6 Å². The van der Waals surface area contributed by atoms with Crippen LogP contribution in [0, 0.1) is 0 Å². The first-order valence-electron chi connectivity index (χ1n) is 10.9. The van der Waals surface area contributed by atoms with Crippen LogP contribution in [0.1, 0.15) is 50.0 Å². The molecular weight excluding hydrogens is 501 g/mol. The van der Waals surface area contributed by atoms with Crippen LogP contribution in [0.25, 0.3) is 0 Å². The molecule has 7 nitrogen and oxygen atoms in total. The highest BCUT2D eigenvalue weighted by Gasteiger charge is 2.46. The van der Waals surface area contributed by atoms with E-state index in [-0.39, 0.29) is 17.9 Å². The van der Waals surface area contributed by atoms with Crippen LogP contribution in [0.4, 0.5) is 0 Å². The molecule has 0 saturated carbocycles. The molecule has 10 heteroatoms. The van der Waals surface area contributed by atoms with Gasteiger partial charge in [-0.1, -0.05) is 54.4 Å². The zero-order valence-electron chi connectivity index (χ0n) is 18.9. The van der Waals surface area contributed by atoms with Crippen LogP contribution in [0.15, 0.2) is 48.5 Å². The molecule has 0 bridgehead atoms. The molecule has 34 heavy (non-hydrogen) atoms. The highest BCUT2D eigenvalue weighted by atomic mass is 35.5. The van der Waals surface area contributed by atoms with Crippen molar-refractivity contribution in [1.29, 1.82) is 0 Å². The van der Waals surface area contributed by atoms with Gasteiger partial charge in [0.25, 0.3) is 5.91 Å². The normalized spacial score (nSPS) is 21.9. The van der Waals surface area contributed by atoms with Gasteiger partial charge in [0.05, 0.1) is 18.2 Å². The number of rotatable bonds is 9. The van der Waals surface area contributed by atoms with E-state index in [1.165, 1.54) is 0 Å². The minimum atomic E-state index is -3.26. The number of amides is 1. The Morgan fingerprint density at radius 1 is 1.12 bits per heavy atom. The lowest BCUT2D eigenvalue weighted by Gasteiger charge is -2.47. The molecular formula is C24H27Cl2NO6S. The number of hydrogen-bond donors (Lipinski definition) is 1. The summed E-state index contributed by atoms with van der Waals surface area (Å²) in [6.45, 7) is 3.35. The third kappa shape index (κ3) is 6.30. The zero-order chi connectivity index (χ0) is 25.0. The van der Waals surface area contributed by atoms with Crippen molar-refractivity contribution in [1.82, 2.24) is 4.90 Å². The van der Waals surface area contributed by atoms with E-state index in [1.54, 1.807) is 67.3 Å². The minimum Gasteiger partial charge on any atom is -0.481 e. The molecule has 0 aliphatic carbocycles. The molecule has 1 amide bonds. The van der Waals surface area contributed by atoms with Crippen molar-refractivity contribution in [2.24, 2.45) is 0 Å². The fourth-order valence-electron chi connectivity index (χ4n) is 4.12. The van der Waals surface area contributed by atoms with Gasteiger partial charge < -0.3 is 14.7 Å². The maximum absolute atomic E-state index is 13.5. The minimum absolute atomic E-state index is 0.00414. The lowest BCUT2D eigenvalue weighted by molar-refractivity contribution is -0.182. The average molecular weight is 528 g/mol. The van der Waals surface area contributed by atoms with E-state index >= 15 is 0 Å². The average Bonchev–Trinajstić information content (AvgIpc) is 2.79. The molecule has 2 aromatic rings. The fourth-order valence-corrected chi connectivity index (χ4v) is 5.43. The second-order valence-corrected chi connectivity index (χ2v) is 11.7. The molecule has 1 N–H and O–H groups in total. The SMILES string of the molecule is CCS(=O)(=O)CC[C@H](C)N1C(=O)[C@H](CC(=O)O)O[C@H](c2cccc(Cl)c2)[C@H]1c1ccc(Cl)cc1. The van der Waals surface area contributed by atoms with Crippen molar-refractivity contribution in [3.8, 4) is 0 Å². The van der Waals surface area contributed by atoms with Gasteiger partial charge in [0, 0.05) is 21.8 Å². The summed E-state index contributed by atoms with van der Waals surface area (Å²) in [6, 6.07) is 12.8. The molecule has 1 fully saturated rings. The number of carboxylic acids is 1. The number of hydrogen-bond acceptors (Lipinski definition) is 5. The number of ether oxygens (including phenoxy) is 1. The molecule has 2 aromatic carbocycles. The highest BCUT2D eigenvalue weighted by Crippen LogP contribution is 2.44. The molecule has 1 saturated heterocycles. The van der Waals surface area contributed by atoms with Crippen molar-refractivity contribution in [2.75, 3.05) is 11.5 Å². The Balaban J connectivity index is 2.11. The van der Waals surface area contributed by atoms with Crippen LogP contribution in [0.5, 0.6) is 0 Å². The summed E-state index contributed by atoms with van der Waals surface area (Å²) in [5.41, 5.74) is 1.40. The molecule has 1 heterocycles. The highest BCUT2D eigenvalue weighted by molar-refractivity contribution is 7.91. The molecule has 0 spiro atoms. The monoisotopic (exact) mass is 527 g/mol. The van der Waals surface area contributed by atoms with Gasteiger partial charge >= 0.3 is 5.97 Å². The van der Waals surface area contributed by atoms with Gasteiger partial charge in [-0.25, -0.2) is 8.42 Å². The summed E-state index contributed by atoms with van der Waals surface area (Å²) in [7, 11) is -3.26. The molecule has 184 valence electrons. The van der Waals surface area contributed by atoms with Crippen molar-refractivity contribution in [3.05, 3.63) is 69.7 Å². The van der Waals surface area contributed by atoms with Gasteiger partial charge in [-0.2, -0.15) is 0 Å². The molecule has 4 atom stereocenters. The third-order valence-electron chi connectivity index (χ3n) is 5.94. The Bertz CT molecular complexity index is 1140. The van der Waals surface area contributed by atoms with Crippen molar-refractivity contribution >= 4 is 44.9 Å². The van der Waals surface area contributed by atoms with E-state index in [2.05, 4.69) is 0 Å². The number of aliphatic carboxylic acids is 1. The molecule has 0 aromatic heterocycles. The lowest BCUT2D eigenvalue weighted by Crippen LogP contribution is -2.54. The topological polar surface area (TPSA) is 101 Å². The van der Waals surface area contributed by atoms with Gasteiger partial charge in [0.1, 0.15) is 22.0 Å². The van der Waals surface area contributed by atoms with Gasteiger partial charge in [0.15, 0.2) is 0 Å². The Kier molecular flexibility index (Phi) is 8.62. The van der Waals surface area contributed by atoms with Crippen LogP contribution in [0.2, 0.25) is 10.0 Å². The predicted molar refractivity (Wildman–Crippen MR) is 131 cm³/mol. The van der Waals surface area contributed by atoms with E-state index in [9.17, 15) is 23.1 Å². The number of carbonyl (C=O) groups is 2. The van der Waals surface area contributed by atoms with Crippen LogP contribution >= 0.6 is 23.2 Å². The summed E-state index contributed by atoms with van der Waals surface area (Å²) >= 11 is 12.3. The second-order valence-electron chi connectivity index (χ2n) is 8.31.